The van der Waals surface area contributed by atoms with Crippen molar-refractivity contribution in [3.8, 4) is 5.75 Å². The molecule has 2 N–H and O–H groups in total. The van der Waals surface area contributed by atoms with Gasteiger partial charge in [0.15, 0.2) is 6.10 Å². The molecule has 122 valence electrons. The van der Waals surface area contributed by atoms with Gasteiger partial charge in [0.1, 0.15) is 5.75 Å². The van der Waals surface area contributed by atoms with Gasteiger partial charge in [-0.3, -0.25) is 9.78 Å². The highest BCUT2D eigenvalue weighted by atomic mass is 35.5. The minimum atomic E-state index is -0.539. The Morgan fingerprint density at radius 3 is 2.71 bits per heavy atom. The van der Waals surface area contributed by atoms with Crippen molar-refractivity contribution in [1.82, 2.24) is 15.6 Å². The molecule has 1 aromatic rings. The Bertz CT molecular complexity index is 369. The number of nitrogens with one attached hydrogen (secondary N) is 2. The van der Waals surface area contributed by atoms with Gasteiger partial charge in [0.2, 0.25) is 0 Å². The Labute approximate surface area is 137 Å². The third-order valence-corrected chi connectivity index (χ3v) is 2.40. The summed E-state index contributed by atoms with van der Waals surface area (Å²) in [6.45, 7) is 4.40. The molecule has 0 aromatic carbocycles. The van der Waals surface area contributed by atoms with Gasteiger partial charge in [-0.25, -0.2) is 0 Å². The van der Waals surface area contributed by atoms with Crippen LogP contribution in [0.2, 0.25) is 0 Å². The van der Waals surface area contributed by atoms with Crippen LogP contribution in [-0.4, -0.2) is 50.3 Å². The molecule has 1 amide bonds. The molecule has 0 radical (unpaired) electrons. The highest BCUT2D eigenvalue weighted by Gasteiger charge is 2.13. The summed E-state index contributed by atoms with van der Waals surface area (Å²) < 4.78 is 10.4. The summed E-state index contributed by atoms with van der Waals surface area (Å²) >= 11 is 0. The SMILES string of the molecule is COCCNCCNC(=O)C(C)Oc1cccnc1.Cl.Cl. The number of carbonyl (C=O) groups excluding carboxylic acids is 1. The van der Waals surface area contributed by atoms with Crippen LogP contribution in [0.15, 0.2) is 24.5 Å². The van der Waals surface area contributed by atoms with Crippen LogP contribution < -0.4 is 15.4 Å². The van der Waals surface area contributed by atoms with E-state index in [1.807, 2.05) is 0 Å². The lowest BCUT2D eigenvalue weighted by Crippen LogP contribution is -2.40. The summed E-state index contributed by atoms with van der Waals surface area (Å²) in [5.41, 5.74) is 0. The van der Waals surface area contributed by atoms with E-state index in [9.17, 15) is 4.79 Å². The topological polar surface area (TPSA) is 72.5 Å². The van der Waals surface area contributed by atoms with Crippen LogP contribution in [0, 0.1) is 0 Å². The smallest absolute Gasteiger partial charge is 0.260 e. The zero-order valence-electron chi connectivity index (χ0n) is 12.2. The lowest BCUT2D eigenvalue weighted by atomic mass is 10.3. The predicted molar refractivity (Wildman–Crippen MR) is 86.6 cm³/mol. The van der Waals surface area contributed by atoms with Crippen LogP contribution in [0.4, 0.5) is 0 Å². The first kappa shape index (κ1) is 22.2. The predicted octanol–water partition coefficient (Wildman–Crippen LogP) is 1.04. The zero-order chi connectivity index (χ0) is 13.9. The van der Waals surface area contributed by atoms with E-state index in [0.717, 1.165) is 6.54 Å². The minimum Gasteiger partial charge on any atom is -0.479 e. The van der Waals surface area contributed by atoms with E-state index in [2.05, 4.69) is 15.6 Å². The second kappa shape index (κ2) is 13.9. The third-order valence-electron chi connectivity index (χ3n) is 2.40. The maximum absolute atomic E-state index is 11.7. The van der Waals surface area contributed by atoms with E-state index in [1.165, 1.54) is 0 Å². The lowest BCUT2D eigenvalue weighted by molar-refractivity contribution is -0.127. The van der Waals surface area contributed by atoms with E-state index in [4.69, 9.17) is 9.47 Å². The number of halogens is 2. The van der Waals surface area contributed by atoms with Crippen molar-refractivity contribution in [2.45, 2.75) is 13.0 Å². The first-order valence-electron chi connectivity index (χ1n) is 6.28. The number of rotatable bonds is 9. The van der Waals surface area contributed by atoms with Gasteiger partial charge in [0.25, 0.3) is 5.91 Å². The van der Waals surface area contributed by atoms with Crippen LogP contribution in [-0.2, 0) is 9.53 Å². The second-order valence-electron chi connectivity index (χ2n) is 3.98. The first-order valence-corrected chi connectivity index (χ1v) is 6.28. The van der Waals surface area contributed by atoms with Gasteiger partial charge >= 0.3 is 0 Å². The maximum atomic E-state index is 11.7. The number of nitrogens with zero attached hydrogens (tertiary/aromatic N) is 1. The molecule has 6 nitrogen and oxygen atoms in total. The fourth-order valence-electron chi connectivity index (χ4n) is 1.39. The quantitative estimate of drug-likeness (QED) is 0.658. The Kier molecular flexibility index (Phi) is 14.7. The number of amides is 1. The fraction of sp³-hybridized carbons (Fsp3) is 0.538. The van der Waals surface area contributed by atoms with Crippen molar-refractivity contribution >= 4 is 30.7 Å². The van der Waals surface area contributed by atoms with Crippen molar-refractivity contribution in [2.75, 3.05) is 33.4 Å². The van der Waals surface area contributed by atoms with Crippen LogP contribution in [0.25, 0.3) is 0 Å². The normalized spacial score (nSPS) is 10.8. The molecule has 0 spiro atoms. The minimum absolute atomic E-state index is 0. The van der Waals surface area contributed by atoms with Gasteiger partial charge in [0.05, 0.1) is 12.8 Å². The molecule has 0 fully saturated rings. The summed E-state index contributed by atoms with van der Waals surface area (Å²) in [4.78, 5) is 15.6. The van der Waals surface area contributed by atoms with Crippen molar-refractivity contribution < 1.29 is 14.3 Å². The standard InChI is InChI=1S/C13H21N3O3.2ClH/c1-11(19-12-4-3-5-15-10-12)13(17)16-7-6-14-8-9-18-2;;/h3-5,10-11,14H,6-9H2,1-2H3,(H,16,17);2*1H. The Hall–Kier alpha value is -1.08. The average Bonchev–Trinajstić information content (AvgIpc) is 2.43. The molecule has 0 aliphatic rings. The average molecular weight is 340 g/mol. The number of carbonyl (C=O) groups is 1. The Balaban J connectivity index is 0. The third kappa shape index (κ3) is 10.3. The van der Waals surface area contributed by atoms with Gasteiger partial charge in [-0.15, -0.1) is 24.8 Å². The van der Waals surface area contributed by atoms with Crippen molar-refractivity contribution in [3.63, 3.8) is 0 Å². The molecule has 0 saturated carbocycles. The number of ether oxygens (including phenoxy) is 2. The highest BCUT2D eigenvalue weighted by molar-refractivity contribution is 5.85. The fourth-order valence-corrected chi connectivity index (χ4v) is 1.39. The van der Waals surface area contributed by atoms with Crippen molar-refractivity contribution in [1.29, 1.82) is 0 Å². The summed E-state index contributed by atoms with van der Waals surface area (Å²) in [6, 6.07) is 3.53. The van der Waals surface area contributed by atoms with E-state index in [0.29, 0.717) is 25.4 Å². The van der Waals surface area contributed by atoms with Crippen LogP contribution >= 0.6 is 24.8 Å². The molecule has 0 saturated heterocycles. The monoisotopic (exact) mass is 339 g/mol. The number of pyridine rings is 1. The molecule has 0 aliphatic carbocycles. The zero-order valence-corrected chi connectivity index (χ0v) is 13.8. The van der Waals surface area contributed by atoms with Crippen molar-refractivity contribution in [2.24, 2.45) is 0 Å². The van der Waals surface area contributed by atoms with Gasteiger partial charge in [-0.2, -0.15) is 0 Å². The molecule has 0 bridgehead atoms. The molecule has 1 rings (SSSR count). The summed E-state index contributed by atoms with van der Waals surface area (Å²) in [6.07, 6.45) is 2.70. The molecule has 1 heterocycles. The molecule has 1 unspecified atom stereocenters. The van der Waals surface area contributed by atoms with Crippen LogP contribution in [0.1, 0.15) is 6.92 Å². The summed E-state index contributed by atoms with van der Waals surface area (Å²) in [5.74, 6) is 0.445. The Morgan fingerprint density at radius 1 is 1.33 bits per heavy atom. The maximum Gasteiger partial charge on any atom is 0.260 e. The lowest BCUT2D eigenvalue weighted by Gasteiger charge is -2.14. The number of aromatic nitrogens is 1. The number of hydrogen-bond acceptors (Lipinski definition) is 5. The molecule has 0 aliphatic heterocycles. The van der Waals surface area contributed by atoms with Crippen LogP contribution in [0.5, 0.6) is 5.75 Å². The molecule has 1 atom stereocenters. The largest absolute Gasteiger partial charge is 0.479 e. The summed E-state index contributed by atoms with van der Waals surface area (Å²) in [5, 5.41) is 5.93. The number of hydrogen-bond donors (Lipinski definition) is 2. The second-order valence-corrected chi connectivity index (χ2v) is 3.98. The van der Waals surface area contributed by atoms with Gasteiger partial charge in [-0.05, 0) is 19.1 Å². The van der Waals surface area contributed by atoms with E-state index in [1.54, 1.807) is 38.6 Å². The van der Waals surface area contributed by atoms with Crippen LogP contribution in [0.3, 0.4) is 0 Å². The molecule has 1 aromatic heterocycles. The van der Waals surface area contributed by atoms with Gasteiger partial charge < -0.3 is 20.1 Å². The number of methoxy groups -OCH3 is 1. The Morgan fingerprint density at radius 2 is 2.10 bits per heavy atom. The van der Waals surface area contributed by atoms with E-state index >= 15 is 0 Å². The molecule has 8 heteroatoms. The summed E-state index contributed by atoms with van der Waals surface area (Å²) in [7, 11) is 1.65. The first-order chi connectivity index (χ1) is 9.24. The van der Waals surface area contributed by atoms with E-state index < -0.39 is 6.10 Å². The molecular weight excluding hydrogens is 317 g/mol. The molecule has 21 heavy (non-hydrogen) atoms. The van der Waals surface area contributed by atoms with Gasteiger partial charge in [-0.1, -0.05) is 0 Å². The van der Waals surface area contributed by atoms with Crippen molar-refractivity contribution in [3.05, 3.63) is 24.5 Å². The highest BCUT2D eigenvalue weighted by Crippen LogP contribution is 2.08. The van der Waals surface area contributed by atoms with E-state index in [-0.39, 0.29) is 30.7 Å². The van der Waals surface area contributed by atoms with Gasteiger partial charge in [0, 0.05) is 32.9 Å². The molecular formula is C13H23Cl2N3O3.